The Kier molecular flexibility index (Phi) is 6.98. The first-order valence-corrected chi connectivity index (χ1v) is 11.6. The second kappa shape index (κ2) is 10.1. The summed E-state index contributed by atoms with van der Waals surface area (Å²) in [7, 11) is 0. The number of aliphatic hydroxyl groups excluding tert-OH is 1. The van der Waals surface area contributed by atoms with Gasteiger partial charge in [0.25, 0.3) is 5.91 Å². The molecule has 1 aliphatic heterocycles. The molecule has 0 aromatic heterocycles. The number of carbonyl (C=O) groups excluding carboxylic acids is 2. The summed E-state index contributed by atoms with van der Waals surface area (Å²) in [6.45, 7) is 3.63. The standard InChI is InChI=1S/C28H30N2O4/c1-3-7-20-10-14-23(15-11-20)28(2)26(32)30(27(33)29-28)18-24(31)19-34-25-16-12-22(13-17-25)21-8-5-4-6-9-21/h4-6,8-17,24,31H,3,7,18-19H2,1-2H3,(H,29,33). The number of benzene rings is 3. The molecule has 1 fully saturated rings. The van der Waals surface area contributed by atoms with Crippen LogP contribution in [0.2, 0.25) is 0 Å². The molecule has 2 N–H and O–H groups in total. The van der Waals surface area contributed by atoms with Crippen molar-refractivity contribution in [2.75, 3.05) is 13.2 Å². The highest BCUT2D eigenvalue weighted by atomic mass is 16.5. The minimum Gasteiger partial charge on any atom is -0.491 e. The zero-order chi connectivity index (χ0) is 24.1. The van der Waals surface area contributed by atoms with Gasteiger partial charge in [-0.2, -0.15) is 0 Å². The topological polar surface area (TPSA) is 78.9 Å². The summed E-state index contributed by atoms with van der Waals surface area (Å²) < 4.78 is 5.69. The maximum absolute atomic E-state index is 13.1. The number of nitrogens with zero attached hydrogens (tertiary/aromatic N) is 1. The van der Waals surface area contributed by atoms with E-state index in [9.17, 15) is 14.7 Å². The van der Waals surface area contributed by atoms with Crippen molar-refractivity contribution in [2.24, 2.45) is 0 Å². The third-order valence-corrected chi connectivity index (χ3v) is 6.14. The fourth-order valence-electron chi connectivity index (χ4n) is 4.18. The molecule has 6 nitrogen and oxygen atoms in total. The second-order valence-corrected chi connectivity index (χ2v) is 8.77. The quantitative estimate of drug-likeness (QED) is 0.463. The van der Waals surface area contributed by atoms with E-state index in [1.165, 1.54) is 5.56 Å². The number of rotatable bonds is 9. The third-order valence-electron chi connectivity index (χ3n) is 6.14. The minimum atomic E-state index is -1.16. The summed E-state index contributed by atoms with van der Waals surface area (Å²) in [5.74, 6) is 0.222. The Morgan fingerprint density at radius 2 is 1.59 bits per heavy atom. The number of hydrogen-bond donors (Lipinski definition) is 2. The molecule has 1 aliphatic rings. The van der Waals surface area contributed by atoms with Crippen LogP contribution in [-0.2, 0) is 16.8 Å². The Balaban J connectivity index is 1.35. The molecule has 0 radical (unpaired) electrons. The normalized spacial score (nSPS) is 18.6. The first-order chi connectivity index (χ1) is 16.4. The van der Waals surface area contributed by atoms with Crippen LogP contribution in [0.4, 0.5) is 4.79 Å². The molecule has 1 heterocycles. The monoisotopic (exact) mass is 458 g/mol. The molecule has 3 aromatic carbocycles. The van der Waals surface area contributed by atoms with Crippen LogP contribution >= 0.6 is 0 Å². The molecule has 0 bridgehead atoms. The van der Waals surface area contributed by atoms with Gasteiger partial charge in [-0.1, -0.05) is 80.1 Å². The van der Waals surface area contributed by atoms with Gasteiger partial charge in [-0.05, 0) is 47.7 Å². The second-order valence-electron chi connectivity index (χ2n) is 8.77. The summed E-state index contributed by atoms with van der Waals surface area (Å²) in [5.41, 5.74) is 2.92. The largest absolute Gasteiger partial charge is 0.491 e. The van der Waals surface area contributed by atoms with E-state index in [1.807, 2.05) is 78.9 Å². The smallest absolute Gasteiger partial charge is 0.325 e. The Bertz CT molecular complexity index is 1130. The molecule has 2 atom stereocenters. The summed E-state index contributed by atoms with van der Waals surface area (Å²) in [6, 6.07) is 24.8. The van der Waals surface area contributed by atoms with Crippen molar-refractivity contribution in [2.45, 2.75) is 38.3 Å². The fourth-order valence-corrected chi connectivity index (χ4v) is 4.18. The number of imide groups is 1. The van der Waals surface area contributed by atoms with E-state index in [1.54, 1.807) is 6.92 Å². The third kappa shape index (κ3) is 4.97. The van der Waals surface area contributed by atoms with Crippen LogP contribution < -0.4 is 10.1 Å². The van der Waals surface area contributed by atoms with E-state index in [-0.39, 0.29) is 19.1 Å². The molecule has 0 spiro atoms. The Morgan fingerprint density at radius 1 is 0.941 bits per heavy atom. The summed E-state index contributed by atoms with van der Waals surface area (Å²) in [6.07, 6.45) is 0.986. The predicted molar refractivity (Wildman–Crippen MR) is 131 cm³/mol. The Labute approximate surface area is 200 Å². The number of carbonyl (C=O) groups is 2. The molecule has 6 heteroatoms. The average Bonchev–Trinajstić information content (AvgIpc) is 3.08. The number of amides is 3. The highest BCUT2D eigenvalue weighted by Crippen LogP contribution is 2.29. The van der Waals surface area contributed by atoms with Crippen LogP contribution in [0, 0.1) is 0 Å². The molecule has 3 amide bonds. The summed E-state index contributed by atoms with van der Waals surface area (Å²) in [5, 5.41) is 13.3. The van der Waals surface area contributed by atoms with Gasteiger partial charge in [-0.25, -0.2) is 4.79 Å². The summed E-state index contributed by atoms with van der Waals surface area (Å²) >= 11 is 0. The SMILES string of the molecule is CCCc1ccc(C2(C)NC(=O)N(CC(O)COc3ccc(-c4ccccc4)cc3)C2=O)cc1. The van der Waals surface area contributed by atoms with Crippen molar-refractivity contribution < 1.29 is 19.4 Å². The number of aliphatic hydroxyl groups is 1. The van der Waals surface area contributed by atoms with E-state index in [2.05, 4.69) is 12.2 Å². The molecule has 176 valence electrons. The lowest BCUT2D eigenvalue weighted by molar-refractivity contribution is -0.132. The van der Waals surface area contributed by atoms with Crippen molar-refractivity contribution in [3.63, 3.8) is 0 Å². The highest BCUT2D eigenvalue weighted by molar-refractivity contribution is 6.07. The molecular weight excluding hydrogens is 428 g/mol. The zero-order valence-electron chi connectivity index (χ0n) is 19.5. The van der Waals surface area contributed by atoms with Crippen molar-refractivity contribution in [1.29, 1.82) is 0 Å². The van der Waals surface area contributed by atoms with E-state index in [0.29, 0.717) is 5.75 Å². The predicted octanol–water partition coefficient (Wildman–Crippen LogP) is 4.51. The van der Waals surface area contributed by atoms with Crippen LogP contribution in [0.3, 0.4) is 0 Å². The Morgan fingerprint density at radius 3 is 2.24 bits per heavy atom. The number of nitrogens with one attached hydrogen (secondary N) is 1. The zero-order valence-corrected chi connectivity index (χ0v) is 19.5. The van der Waals surface area contributed by atoms with Crippen molar-refractivity contribution in [3.8, 4) is 16.9 Å². The van der Waals surface area contributed by atoms with Crippen LogP contribution in [0.5, 0.6) is 5.75 Å². The van der Waals surface area contributed by atoms with Crippen molar-refractivity contribution >= 4 is 11.9 Å². The number of urea groups is 1. The molecule has 2 unspecified atom stereocenters. The molecule has 4 rings (SSSR count). The number of aryl methyl sites for hydroxylation is 1. The molecular formula is C28H30N2O4. The van der Waals surface area contributed by atoms with Crippen LogP contribution in [0.1, 0.15) is 31.4 Å². The van der Waals surface area contributed by atoms with E-state index >= 15 is 0 Å². The van der Waals surface area contributed by atoms with Gasteiger partial charge in [-0.15, -0.1) is 0 Å². The summed E-state index contributed by atoms with van der Waals surface area (Å²) in [4.78, 5) is 26.8. The van der Waals surface area contributed by atoms with Gasteiger partial charge in [0.15, 0.2) is 0 Å². The van der Waals surface area contributed by atoms with E-state index < -0.39 is 17.7 Å². The lowest BCUT2D eigenvalue weighted by Crippen LogP contribution is -2.42. The van der Waals surface area contributed by atoms with Gasteiger partial charge in [0.05, 0.1) is 6.54 Å². The molecule has 0 aliphatic carbocycles. The number of hydrogen-bond acceptors (Lipinski definition) is 4. The van der Waals surface area contributed by atoms with Crippen LogP contribution in [0.25, 0.3) is 11.1 Å². The van der Waals surface area contributed by atoms with Gasteiger partial charge >= 0.3 is 6.03 Å². The molecule has 34 heavy (non-hydrogen) atoms. The van der Waals surface area contributed by atoms with Crippen molar-refractivity contribution in [3.05, 3.63) is 90.0 Å². The van der Waals surface area contributed by atoms with Gasteiger partial charge in [0.1, 0.15) is 24.0 Å². The lowest BCUT2D eigenvalue weighted by atomic mass is 9.91. The lowest BCUT2D eigenvalue weighted by Gasteiger charge is -2.23. The van der Waals surface area contributed by atoms with Crippen LogP contribution in [-0.4, -0.2) is 41.2 Å². The van der Waals surface area contributed by atoms with Gasteiger partial charge in [0, 0.05) is 0 Å². The Hall–Kier alpha value is -3.64. The first kappa shape index (κ1) is 23.5. The van der Waals surface area contributed by atoms with Crippen molar-refractivity contribution in [1.82, 2.24) is 10.2 Å². The highest BCUT2D eigenvalue weighted by Gasteiger charge is 2.49. The fraction of sp³-hybridized carbons (Fsp3) is 0.286. The maximum atomic E-state index is 13.1. The maximum Gasteiger partial charge on any atom is 0.325 e. The molecule has 3 aromatic rings. The van der Waals surface area contributed by atoms with Gasteiger partial charge in [0.2, 0.25) is 0 Å². The van der Waals surface area contributed by atoms with Crippen LogP contribution in [0.15, 0.2) is 78.9 Å². The minimum absolute atomic E-state index is 0.0375. The average molecular weight is 459 g/mol. The molecule has 1 saturated heterocycles. The van der Waals surface area contributed by atoms with Gasteiger partial charge in [-0.3, -0.25) is 9.69 Å². The van der Waals surface area contributed by atoms with E-state index in [0.717, 1.165) is 34.4 Å². The molecule has 0 saturated carbocycles. The van der Waals surface area contributed by atoms with Gasteiger partial charge < -0.3 is 15.2 Å². The van der Waals surface area contributed by atoms with E-state index in [4.69, 9.17) is 4.74 Å². The number of β-amino-alcohol motifs (C(OH)–C–C–N with tert-alkyl or cyclic N) is 1. The first-order valence-electron chi connectivity index (χ1n) is 11.6. The number of ether oxygens (including phenoxy) is 1.